The van der Waals surface area contributed by atoms with Crippen LogP contribution in [-0.4, -0.2) is 39.0 Å². The molecule has 0 radical (unpaired) electrons. The average molecular weight is 511 g/mol. The Morgan fingerprint density at radius 3 is 2.69 bits per heavy atom. The number of nitrogens with zero attached hydrogens (tertiary/aromatic N) is 4. The summed E-state index contributed by atoms with van der Waals surface area (Å²) in [5, 5.41) is 1.16. The molecule has 35 heavy (non-hydrogen) atoms. The zero-order chi connectivity index (χ0) is 24.8. The summed E-state index contributed by atoms with van der Waals surface area (Å²) in [6.45, 7) is 3.55. The van der Waals surface area contributed by atoms with Gasteiger partial charge in [0.25, 0.3) is 5.91 Å². The second-order valence-corrected chi connectivity index (χ2v) is 9.17. The number of benzene rings is 2. The van der Waals surface area contributed by atoms with Crippen LogP contribution in [0.5, 0.6) is 5.75 Å². The number of ether oxygens (including phenoxy) is 1. The van der Waals surface area contributed by atoms with E-state index in [0.717, 1.165) is 41.8 Å². The van der Waals surface area contributed by atoms with E-state index in [1.807, 2.05) is 45.9 Å². The van der Waals surface area contributed by atoms with Crippen LogP contribution in [0.2, 0.25) is 10.0 Å². The highest BCUT2D eigenvalue weighted by molar-refractivity contribution is 6.31. The van der Waals surface area contributed by atoms with Gasteiger partial charge < -0.3 is 14.2 Å². The first kappa shape index (κ1) is 25.0. The molecule has 0 saturated carbocycles. The SMILES string of the molecule is CCCCCN(Cc1nc2cccnc2n1Cc1ccccc1Cl)C(=O)c1cc(Cl)ccc1OC. The van der Waals surface area contributed by atoms with Crippen molar-refractivity contribution >= 4 is 40.3 Å². The van der Waals surface area contributed by atoms with Crippen LogP contribution in [0.3, 0.4) is 0 Å². The van der Waals surface area contributed by atoms with Gasteiger partial charge in [0, 0.05) is 22.8 Å². The van der Waals surface area contributed by atoms with E-state index in [9.17, 15) is 4.79 Å². The van der Waals surface area contributed by atoms with Gasteiger partial charge in [-0.1, -0.05) is 61.2 Å². The van der Waals surface area contributed by atoms with Crippen LogP contribution >= 0.6 is 23.2 Å². The first-order valence-electron chi connectivity index (χ1n) is 11.7. The lowest BCUT2D eigenvalue weighted by Gasteiger charge is -2.24. The molecule has 2 heterocycles. The molecule has 2 aromatic heterocycles. The Bertz CT molecular complexity index is 1320. The lowest BCUT2D eigenvalue weighted by Crippen LogP contribution is -2.33. The molecular weight excluding hydrogens is 483 g/mol. The van der Waals surface area contributed by atoms with Crippen LogP contribution in [0.15, 0.2) is 60.8 Å². The Labute approximate surface area is 215 Å². The molecule has 0 spiro atoms. The third-order valence-electron chi connectivity index (χ3n) is 5.91. The summed E-state index contributed by atoms with van der Waals surface area (Å²) in [6, 6.07) is 16.6. The normalized spacial score (nSPS) is 11.1. The Kier molecular flexibility index (Phi) is 8.26. The molecule has 4 aromatic rings. The van der Waals surface area contributed by atoms with Crippen LogP contribution in [0, 0.1) is 0 Å². The third-order valence-corrected chi connectivity index (χ3v) is 6.52. The predicted octanol–water partition coefficient (Wildman–Crippen LogP) is 6.63. The van der Waals surface area contributed by atoms with Crippen molar-refractivity contribution in [1.82, 2.24) is 19.4 Å². The number of aromatic nitrogens is 3. The summed E-state index contributed by atoms with van der Waals surface area (Å²) in [4.78, 5) is 25.0. The molecule has 0 fully saturated rings. The van der Waals surface area contributed by atoms with Crippen LogP contribution in [0.1, 0.15) is 47.9 Å². The van der Waals surface area contributed by atoms with Crippen molar-refractivity contribution in [3.05, 3.63) is 87.8 Å². The van der Waals surface area contributed by atoms with Crippen molar-refractivity contribution in [3.63, 3.8) is 0 Å². The fourth-order valence-corrected chi connectivity index (χ4v) is 4.45. The molecular formula is C27H28Cl2N4O2. The van der Waals surface area contributed by atoms with E-state index in [1.165, 1.54) is 0 Å². The standard InChI is InChI=1S/C27H28Cl2N4O2/c1-3-4-7-15-32(27(34)21-16-20(28)12-13-24(21)35-2)18-25-31-23-11-8-14-30-26(23)33(25)17-19-9-5-6-10-22(19)29/h5-6,8-14,16H,3-4,7,15,17-18H2,1-2H3. The zero-order valence-corrected chi connectivity index (χ0v) is 21.4. The first-order valence-corrected chi connectivity index (χ1v) is 12.4. The molecule has 0 aliphatic heterocycles. The highest BCUT2D eigenvalue weighted by atomic mass is 35.5. The van der Waals surface area contributed by atoms with E-state index in [4.69, 9.17) is 32.9 Å². The van der Waals surface area contributed by atoms with E-state index in [1.54, 1.807) is 31.5 Å². The molecule has 0 N–H and O–H groups in total. The van der Waals surface area contributed by atoms with Gasteiger partial charge in [-0.05, 0) is 48.4 Å². The number of rotatable bonds is 10. The summed E-state index contributed by atoms with van der Waals surface area (Å²) in [5.74, 6) is 1.08. The molecule has 6 nitrogen and oxygen atoms in total. The summed E-state index contributed by atoms with van der Waals surface area (Å²) >= 11 is 12.7. The van der Waals surface area contributed by atoms with Crippen molar-refractivity contribution < 1.29 is 9.53 Å². The van der Waals surface area contributed by atoms with E-state index < -0.39 is 0 Å². The lowest BCUT2D eigenvalue weighted by molar-refractivity contribution is 0.0731. The van der Waals surface area contributed by atoms with Gasteiger partial charge in [0.2, 0.25) is 0 Å². The smallest absolute Gasteiger partial charge is 0.258 e. The highest BCUT2D eigenvalue weighted by Gasteiger charge is 2.23. The maximum atomic E-state index is 13.7. The van der Waals surface area contributed by atoms with Crippen molar-refractivity contribution in [2.75, 3.05) is 13.7 Å². The molecule has 8 heteroatoms. The van der Waals surface area contributed by atoms with Crippen molar-refractivity contribution in [2.24, 2.45) is 0 Å². The predicted molar refractivity (Wildman–Crippen MR) is 140 cm³/mol. The third kappa shape index (κ3) is 5.77. The number of hydrogen-bond acceptors (Lipinski definition) is 4. The molecule has 0 aliphatic rings. The molecule has 0 unspecified atom stereocenters. The van der Waals surface area contributed by atoms with E-state index in [2.05, 4.69) is 11.9 Å². The second kappa shape index (κ2) is 11.6. The number of fused-ring (bicyclic) bond motifs is 1. The maximum Gasteiger partial charge on any atom is 0.258 e. The van der Waals surface area contributed by atoms with E-state index in [-0.39, 0.29) is 5.91 Å². The largest absolute Gasteiger partial charge is 0.496 e. The fourth-order valence-electron chi connectivity index (χ4n) is 4.08. The van der Waals surface area contributed by atoms with Crippen LogP contribution in [0.4, 0.5) is 0 Å². The Balaban J connectivity index is 1.73. The topological polar surface area (TPSA) is 60.2 Å². The quantitative estimate of drug-likeness (QED) is 0.224. The number of halogens is 2. The van der Waals surface area contributed by atoms with Gasteiger partial charge in [-0.25, -0.2) is 9.97 Å². The van der Waals surface area contributed by atoms with Crippen LogP contribution in [-0.2, 0) is 13.1 Å². The first-order chi connectivity index (χ1) is 17.0. The second-order valence-electron chi connectivity index (χ2n) is 8.33. The molecule has 0 atom stereocenters. The lowest BCUT2D eigenvalue weighted by atomic mass is 10.1. The summed E-state index contributed by atoms with van der Waals surface area (Å²) < 4.78 is 7.49. The zero-order valence-electron chi connectivity index (χ0n) is 19.9. The van der Waals surface area contributed by atoms with Crippen LogP contribution in [0.25, 0.3) is 11.2 Å². The summed E-state index contributed by atoms with van der Waals surface area (Å²) in [7, 11) is 1.55. The minimum Gasteiger partial charge on any atom is -0.496 e. The molecule has 0 saturated heterocycles. The highest BCUT2D eigenvalue weighted by Crippen LogP contribution is 2.26. The number of imidazole rings is 1. The summed E-state index contributed by atoms with van der Waals surface area (Å²) in [6.07, 6.45) is 4.71. The van der Waals surface area contributed by atoms with Crippen molar-refractivity contribution in [2.45, 2.75) is 39.3 Å². The van der Waals surface area contributed by atoms with Gasteiger partial charge in [-0.2, -0.15) is 0 Å². The minimum absolute atomic E-state index is 0.148. The number of carbonyl (C=O) groups excluding carboxylic acids is 1. The van der Waals surface area contributed by atoms with Gasteiger partial charge in [-0.15, -0.1) is 0 Å². The molecule has 1 amide bonds. The number of hydrogen-bond donors (Lipinski definition) is 0. The van der Waals surface area contributed by atoms with Gasteiger partial charge in [0.05, 0.1) is 25.8 Å². The van der Waals surface area contributed by atoms with Gasteiger partial charge in [0.1, 0.15) is 17.1 Å². The minimum atomic E-state index is -0.148. The van der Waals surface area contributed by atoms with Gasteiger partial charge in [0.15, 0.2) is 5.65 Å². The van der Waals surface area contributed by atoms with Gasteiger partial charge >= 0.3 is 0 Å². The molecule has 2 aromatic carbocycles. The number of carbonyl (C=O) groups is 1. The van der Waals surface area contributed by atoms with E-state index >= 15 is 0 Å². The maximum absolute atomic E-state index is 13.7. The molecule has 0 aliphatic carbocycles. The molecule has 182 valence electrons. The van der Waals surface area contributed by atoms with Crippen molar-refractivity contribution in [1.29, 1.82) is 0 Å². The summed E-state index contributed by atoms with van der Waals surface area (Å²) in [5.41, 5.74) is 2.92. The Morgan fingerprint density at radius 2 is 1.91 bits per heavy atom. The van der Waals surface area contributed by atoms with Crippen LogP contribution < -0.4 is 4.74 Å². The number of methoxy groups -OCH3 is 1. The number of amides is 1. The number of pyridine rings is 1. The molecule has 4 rings (SSSR count). The number of unbranched alkanes of at least 4 members (excludes halogenated alkanes) is 2. The van der Waals surface area contributed by atoms with E-state index in [0.29, 0.717) is 41.0 Å². The monoisotopic (exact) mass is 510 g/mol. The van der Waals surface area contributed by atoms with Crippen molar-refractivity contribution in [3.8, 4) is 5.75 Å². The Hall–Kier alpha value is -3.09. The average Bonchev–Trinajstić information content (AvgIpc) is 3.21. The Morgan fingerprint density at radius 1 is 1.09 bits per heavy atom. The molecule has 0 bridgehead atoms. The van der Waals surface area contributed by atoms with Gasteiger partial charge in [-0.3, -0.25) is 4.79 Å². The fraction of sp³-hybridized carbons (Fsp3) is 0.296.